The van der Waals surface area contributed by atoms with Gasteiger partial charge in [0.05, 0.1) is 0 Å². The van der Waals surface area contributed by atoms with E-state index in [1.807, 2.05) is 30.3 Å². The molecule has 1 N–H and O–H groups in total. The number of halogens is 1. The van der Waals surface area contributed by atoms with E-state index in [-0.39, 0.29) is 6.01 Å². The Morgan fingerprint density at radius 1 is 0.966 bits per heavy atom. The highest BCUT2D eigenvalue weighted by molar-refractivity contribution is 6.30. The average molecular weight is 407 g/mol. The molecule has 0 fully saturated rings. The van der Waals surface area contributed by atoms with E-state index in [9.17, 15) is 4.79 Å². The highest BCUT2D eigenvalue weighted by atomic mass is 35.5. The van der Waals surface area contributed by atoms with E-state index >= 15 is 0 Å². The molecule has 0 bridgehead atoms. The minimum absolute atomic E-state index is 0.224. The summed E-state index contributed by atoms with van der Waals surface area (Å²) in [6.45, 7) is -0.395. The minimum atomic E-state index is -1.02. The van der Waals surface area contributed by atoms with Gasteiger partial charge in [-0.2, -0.15) is 0 Å². The van der Waals surface area contributed by atoms with Gasteiger partial charge in [0.1, 0.15) is 11.5 Å². The topological polar surface area (TPSA) is 81.5 Å². The first-order valence-corrected chi connectivity index (χ1v) is 9.09. The van der Waals surface area contributed by atoms with Gasteiger partial charge in [-0.15, -0.1) is 0 Å². The van der Waals surface area contributed by atoms with Crippen LogP contribution in [0.5, 0.6) is 17.5 Å². The van der Waals surface area contributed by atoms with E-state index in [1.54, 1.807) is 42.7 Å². The predicted molar refractivity (Wildman–Crippen MR) is 110 cm³/mol. The summed E-state index contributed by atoms with van der Waals surface area (Å²) in [4.78, 5) is 19.3. The van der Waals surface area contributed by atoms with Gasteiger partial charge in [0.15, 0.2) is 6.61 Å². The second-order valence-electron chi connectivity index (χ2n) is 6.18. The molecule has 3 aromatic carbocycles. The fraction of sp³-hybridized carbons (Fsp3) is 0.0455. The normalized spacial score (nSPS) is 10.7. The molecule has 0 aliphatic rings. The maximum absolute atomic E-state index is 10.7. The first kappa shape index (κ1) is 18.7. The van der Waals surface area contributed by atoms with Crippen LogP contribution >= 0.6 is 11.6 Å². The van der Waals surface area contributed by atoms with Crippen LogP contribution in [0.1, 0.15) is 0 Å². The molecule has 0 saturated carbocycles. The van der Waals surface area contributed by atoms with Gasteiger partial charge in [0.2, 0.25) is 0 Å². The molecule has 0 radical (unpaired) electrons. The zero-order valence-electron chi connectivity index (χ0n) is 15.1. The lowest BCUT2D eigenvalue weighted by molar-refractivity contribution is -0.139. The number of rotatable bonds is 6. The zero-order valence-corrected chi connectivity index (χ0v) is 15.8. The molecule has 144 valence electrons. The first-order chi connectivity index (χ1) is 14.1. The zero-order chi connectivity index (χ0) is 20.2. The van der Waals surface area contributed by atoms with E-state index in [0.717, 1.165) is 21.9 Å². The molecule has 6 nitrogen and oxygen atoms in total. The molecular formula is C22H15ClN2O4. The number of carboxylic acids is 1. The molecule has 0 aliphatic carbocycles. The maximum atomic E-state index is 10.7. The summed E-state index contributed by atoms with van der Waals surface area (Å²) in [7, 11) is 0. The lowest BCUT2D eigenvalue weighted by Gasteiger charge is -2.10. The van der Waals surface area contributed by atoms with Crippen molar-refractivity contribution < 1.29 is 19.4 Å². The number of ether oxygens (including phenoxy) is 2. The van der Waals surface area contributed by atoms with Crippen LogP contribution in [0.3, 0.4) is 0 Å². The monoisotopic (exact) mass is 406 g/mol. The highest BCUT2D eigenvalue weighted by Gasteiger charge is 2.09. The van der Waals surface area contributed by atoms with Gasteiger partial charge < -0.3 is 14.6 Å². The van der Waals surface area contributed by atoms with Crippen molar-refractivity contribution in [1.29, 1.82) is 0 Å². The third kappa shape index (κ3) is 4.44. The van der Waals surface area contributed by atoms with Gasteiger partial charge in [-0.3, -0.25) is 0 Å². The smallest absolute Gasteiger partial charge is 0.341 e. The van der Waals surface area contributed by atoms with Crippen LogP contribution in [0.4, 0.5) is 0 Å². The second kappa shape index (κ2) is 8.16. The van der Waals surface area contributed by atoms with Crippen LogP contribution < -0.4 is 9.47 Å². The molecule has 0 aliphatic heterocycles. The number of fused-ring (bicyclic) bond motifs is 1. The molecule has 29 heavy (non-hydrogen) atoms. The Bertz CT molecular complexity index is 1160. The van der Waals surface area contributed by atoms with Crippen molar-refractivity contribution in [3.8, 4) is 28.6 Å². The Hall–Kier alpha value is -3.64. The number of hydrogen-bond acceptors (Lipinski definition) is 5. The largest absolute Gasteiger partial charge is 0.482 e. The fourth-order valence-electron chi connectivity index (χ4n) is 2.85. The molecule has 1 aromatic heterocycles. The van der Waals surface area contributed by atoms with Crippen molar-refractivity contribution in [3.63, 3.8) is 0 Å². The quantitative estimate of drug-likeness (QED) is 0.473. The molecule has 4 aromatic rings. The van der Waals surface area contributed by atoms with E-state index < -0.39 is 12.6 Å². The van der Waals surface area contributed by atoms with Gasteiger partial charge in [-0.25, -0.2) is 14.8 Å². The second-order valence-corrected chi connectivity index (χ2v) is 6.62. The van der Waals surface area contributed by atoms with Crippen LogP contribution in [0.15, 0.2) is 73.1 Å². The lowest BCUT2D eigenvalue weighted by Crippen LogP contribution is -2.09. The number of hydrogen-bond donors (Lipinski definition) is 1. The number of aromatic nitrogens is 2. The number of aliphatic carboxylic acids is 1. The fourth-order valence-corrected chi connectivity index (χ4v) is 2.98. The molecule has 0 atom stereocenters. The lowest BCUT2D eigenvalue weighted by atomic mass is 10.00. The molecule has 4 rings (SSSR count). The van der Waals surface area contributed by atoms with Crippen molar-refractivity contribution in [3.05, 3.63) is 78.1 Å². The Balaban J connectivity index is 1.62. The van der Waals surface area contributed by atoms with E-state index in [0.29, 0.717) is 16.5 Å². The molecule has 7 heteroatoms. The Morgan fingerprint density at radius 2 is 1.69 bits per heavy atom. The standard InChI is InChI=1S/C22H15ClN2O4/c23-16-5-8-17(9-6-16)29-22-24-11-15(12-25-22)19-3-1-2-14-4-7-18(10-20(14)19)28-13-21(26)27/h1-12H,13H2,(H,26,27). The molecule has 1 heterocycles. The van der Waals surface area contributed by atoms with E-state index in [1.165, 1.54) is 0 Å². The Kier molecular flexibility index (Phi) is 5.27. The number of nitrogens with zero attached hydrogens (tertiary/aromatic N) is 2. The average Bonchev–Trinajstić information content (AvgIpc) is 2.74. The summed E-state index contributed by atoms with van der Waals surface area (Å²) in [5.74, 6) is 0.0477. The van der Waals surface area contributed by atoms with Gasteiger partial charge in [-0.05, 0) is 52.7 Å². The van der Waals surface area contributed by atoms with Crippen molar-refractivity contribution in [1.82, 2.24) is 9.97 Å². The van der Waals surface area contributed by atoms with E-state index in [4.69, 9.17) is 26.2 Å². The van der Waals surface area contributed by atoms with Gasteiger partial charge in [0, 0.05) is 23.0 Å². The van der Waals surface area contributed by atoms with Crippen molar-refractivity contribution in [2.24, 2.45) is 0 Å². The van der Waals surface area contributed by atoms with Crippen molar-refractivity contribution in [2.45, 2.75) is 0 Å². The van der Waals surface area contributed by atoms with Gasteiger partial charge in [-0.1, -0.05) is 35.9 Å². The summed E-state index contributed by atoms with van der Waals surface area (Å²) < 4.78 is 10.9. The summed E-state index contributed by atoms with van der Waals surface area (Å²) in [5.41, 5.74) is 1.70. The third-order valence-electron chi connectivity index (χ3n) is 4.18. The summed E-state index contributed by atoms with van der Waals surface area (Å²) in [6.07, 6.45) is 3.36. The number of carbonyl (C=O) groups is 1. The van der Waals surface area contributed by atoms with Crippen LogP contribution in [0, 0.1) is 0 Å². The van der Waals surface area contributed by atoms with Crippen LogP contribution in [-0.4, -0.2) is 27.7 Å². The molecule has 0 unspecified atom stereocenters. The van der Waals surface area contributed by atoms with Crippen molar-refractivity contribution in [2.75, 3.05) is 6.61 Å². The maximum Gasteiger partial charge on any atom is 0.341 e. The predicted octanol–water partition coefficient (Wildman–Crippen LogP) is 5.21. The first-order valence-electron chi connectivity index (χ1n) is 8.72. The molecule has 0 amide bonds. The summed E-state index contributed by atoms with van der Waals surface area (Å²) >= 11 is 5.87. The van der Waals surface area contributed by atoms with Gasteiger partial charge in [0.25, 0.3) is 0 Å². The highest BCUT2D eigenvalue weighted by Crippen LogP contribution is 2.31. The van der Waals surface area contributed by atoms with Crippen molar-refractivity contribution >= 4 is 28.3 Å². The summed E-state index contributed by atoms with van der Waals surface area (Å²) in [6, 6.07) is 18.5. The van der Waals surface area contributed by atoms with Crippen LogP contribution in [0.2, 0.25) is 5.02 Å². The molecule has 0 spiro atoms. The third-order valence-corrected chi connectivity index (χ3v) is 4.43. The van der Waals surface area contributed by atoms with Crippen LogP contribution in [-0.2, 0) is 4.79 Å². The van der Waals surface area contributed by atoms with E-state index in [2.05, 4.69) is 9.97 Å². The molecule has 0 saturated heterocycles. The Morgan fingerprint density at radius 3 is 2.41 bits per heavy atom. The van der Waals surface area contributed by atoms with Gasteiger partial charge >= 0.3 is 12.0 Å². The molecular weight excluding hydrogens is 392 g/mol. The van der Waals surface area contributed by atoms with Crippen LogP contribution in [0.25, 0.3) is 21.9 Å². The summed E-state index contributed by atoms with van der Waals surface area (Å²) in [5, 5.41) is 11.3. The minimum Gasteiger partial charge on any atom is -0.482 e. The SMILES string of the molecule is O=C(O)COc1ccc2cccc(-c3cnc(Oc4ccc(Cl)cc4)nc3)c2c1. The Labute approximate surface area is 171 Å². The number of carboxylic acid groups (broad SMARTS) is 1. The number of benzene rings is 3.